The van der Waals surface area contributed by atoms with Gasteiger partial charge in [-0.25, -0.2) is 18.6 Å². The van der Waals surface area contributed by atoms with E-state index in [0.29, 0.717) is 0 Å². The SMILES string of the molecule is Cc1cc(Cl)c(C(F)F)nc1C(=O)O. The number of carboxylic acid groups (broad SMARTS) is 1. The summed E-state index contributed by atoms with van der Waals surface area (Å²) in [5.74, 6) is -1.35. The number of carboxylic acids is 1. The van der Waals surface area contributed by atoms with Crippen LogP contribution in [0.5, 0.6) is 0 Å². The minimum Gasteiger partial charge on any atom is -0.477 e. The van der Waals surface area contributed by atoms with Crippen LogP contribution in [-0.2, 0) is 0 Å². The summed E-state index contributed by atoms with van der Waals surface area (Å²) in [6.45, 7) is 1.44. The number of halogens is 3. The van der Waals surface area contributed by atoms with E-state index in [0.717, 1.165) is 0 Å². The van der Waals surface area contributed by atoms with Gasteiger partial charge in [0.15, 0.2) is 5.69 Å². The average molecular weight is 222 g/mol. The van der Waals surface area contributed by atoms with Gasteiger partial charge in [-0.3, -0.25) is 0 Å². The fourth-order valence-electron chi connectivity index (χ4n) is 0.964. The highest BCUT2D eigenvalue weighted by molar-refractivity contribution is 6.31. The third kappa shape index (κ3) is 1.98. The number of alkyl halides is 2. The van der Waals surface area contributed by atoms with Crippen molar-refractivity contribution in [3.05, 3.63) is 28.0 Å². The molecule has 0 radical (unpaired) electrons. The summed E-state index contributed by atoms with van der Waals surface area (Å²) in [5, 5.41) is 8.39. The van der Waals surface area contributed by atoms with Crippen LogP contribution >= 0.6 is 11.6 Å². The van der Waals surface area contributed by atoms with Crippen molar-refractivity contribution in [1.29, 1.82) is 0 Å². The van der Waals surface area contributed by atoms with Crippen molar-refractivity contribution in [2.45, 2.75) is 13.3 Å². The van der Waals surface area contributed by atoms with E-state index < -0.39 is 23.8 Å². The first-order valence-electron chi connectivity index (χ1n) is 3.62. The summed E-state index contributed by atoms with van der Waals surface area (Å²) < 4.78 is 24.5. The Morgan fingerprint density at radius 3 is 2.64 bits per heavy atom. The molecule has 0 aliphatic carbocycles. The van der Waals surface area contributed by atoms with Gasteiger partial charge in [0.2, 0.25) is 0 Å². The summed E-state index contributed by atoms with van der Waals surface area (Å²) in [6, 6.07) is 1.17. The molecule has 76 valence electrons. The fraction of sp³-hybridized carbons (Fsp3) is 0.250. The third-order valence-electron chi connectivity index (χ3n) is 1.60. The van der Waals surface area contributed by atoms with Gasteiger partial charge in [-0.15, -0.1) is 0 Å². The highest BCUT2D eigenvalue weighted by Crippen LogP contribution is 2.26. The molecule has 1 N–H and O–H groups in total. The van der Waals surface area contributed by atoms with E-state index in [1.807, 2.05) is 0 Å². The van der Waals surface area contributed by atoms with Gasteiger partial charge in [0.1, 0.15) is 5.69 Å². The van der Waals surface area contributed by atoms with Crippen LogP contribution in [0.25, 0.3) is 0 Å². The summed E-state index contributed by atoms with van der Waals surface area (Å²) in [7, 11) is 0. The monoisotopic (exact) mass is 221 g/mol. The molecule has 0 atom stereocenters. The molecule has 0 saturated heterocycles. The number of hydrogen-bond donors (Lipinski definition) is 1. The lowest BCUT2D eigenvalue weighted by Crippen LogP contribution is -2.06. The molecular weight excluding hydrogens is 216 g/mol. The molecule has 3 nitrogen and oxygen atoms in total. The second-order valence-electron chi connectivity index (χ2n) is 2.63. The molecule has 1 rings (SSSR count). The second kappa shape index (κ2) is 3.88. The number of carbonyl (C=O) groups is 1. The molecule has 1 aromatic heterocycles. The van der Waals surface area contributed by atoms with Gasteiger partial charge in [0.25, 0.3) is 6.43 Å². The number of pyridine rings is 1. The highest BCUT2D eigenvalue weighted by Gasteiger charge is 2.19. The van der Waals surface area contributed by atoms with Crippen molar-refractivity contribution < 1.29 is 18.7 Å². The Morgan fingerprint density at radius 1 is 1.64 bits per heavy atom. The lowest BCUT2D eigenvalue weighted by molar-refractivity contribution is 0.0688. The summed E-state index contributed by atoms with van der Waals surface area (Å²) in [4.78, 5) is 13.8. The van der Waals surface area contributed by atoms with E-state index in [9.17, 15) is 13.6 Å². The molecule has 0 spiro atoms. The summed E-state index contributed by atoms with van der Waals surface area (Å²) in [5.41, 5.74) is -0.841. The first-order chi connectivity index (χ1) is 6.43. The normalized spacial score (nSPS) is 10.6. The molecule has 6 heteroatoms. The van der Waals surface area contributed by atoms with Gasteiger partial charge in [0.05, 0.1) is 5.02 Å². The number of aromatic nitrogens is 1. The van der Waals surface area contributed by atoms with Crippen LogP contribution in [-0.4, -0.2) is 16.1 Å². The first-order valence-corrected chi connectivity index (χ1v) is 3.99. The van der Waals surface area contributed by atoms with Crippen molar-refractivity contribution >= 4 is 17.6 Å². The van der Waals surface area contributed by atoms with E-state index in [-0.39, 0.29) is 10.6 Å². The van der Waals surface area contributed by atoms with Gasteiger partial charge in [-0.2, -0.15) is 0 Å². The van der Waals surface area contributed by atoms with E-state index in [1.54, 1.807) is 0 Å². The summed E-state index contributed by atoms with van der Waals surface area (Å²) in [6.07, 6.45) is -2.87. The standard InChI is InChI=1S/C8H6ClF2NO2/c1-3-2-4(9)6(7(10)11)12-5(3)8(13)14/h2,7H,1H3,(H,13,14). The molecular formula is C8H6ClF2NO2. The van der Waals surface area contributed by atoms with Gasteiger partial charge in [-0.1, -0.05) is 11.6 Å². The average Bonchev–Trinajstić information content (AvgIpc) is 2.02. The molecule has 14 heavy (non-hydrogen) atoms. The minimum atomic E-state index is -2.87. The Hall–Kier alpha value is -1.23. The Balaban J connectivity index is 3.34. The zero-order valence-corrected chi connectivity index (χ0v) is 7.85. The zero-order valence-electron chi connectivity index (χ0n) is 7.09. The Labute approximate surface area is 83.3 Å². The molecule has 0 aromatic carbocycles. The number of rotatable bonds is 2. The van der Waals surface area contributed by atoms with Crippen molar-refractivity contribution in [2.24, 2.45) is 0 Å². The predicted molar refractivity (Wildman–Crippen MR) is 45.9 cm³/mol. The third-order valence-corrected chi connectivity index (χ3v) is 1.91. The smallest absolute Gasteiger partial charge is 0.354 e. The highest BCUT2D eigenvalue weighted by atomic mass is 35.5. The van der Waals surface area contributed by atoms with Crippen LogP contribution in [0.4, 0.5) is 8.78 Å². The predicted octanol–water partition coefficient (Wildman–Crippen LogP) is 2.68. The van der Waals surface area contributed by atoms with Crippen molar-refractivity contribution in [3.8, 4) is 0 Å². The Morgan fingerprint density at radius 2 is 2.21 bits per heavy atom. The maximum absolute atomic E-state index is 12.3. The molecule has 0 unspecified atom stereocenters. The van der Waals surface area contributed by atoms with Crippen LogP contribution in [0.2, 0.25) is 5.02 Å². The maximum Gasteiger partial charge on any atom is 0.354 e. The maximum atomic E-state index is 12.3. The van der Waals surface area contributed by atoms with Gasteiger partial charge in [0, 0.05) is 0 Å². The van der Waals surface area contributed by atoms with E-state index in [4.69, 9.17) is 16.7 Å². The second-order valence-corrected chi connectivity index (χ2v) is 3.03. The van der Waals surface area contributed by atoms with Crippen LogP contribution in [0.15, 0.2) is 6.07 Å². The topological polar surface area (TPSA) is 50.2 Å². The molecule has 0 amide bonds. The van der Waals surface area contributed by atoms with Crippen molar-refractivity contribution in [2.75, 3.05) is 0 Å². The van der Waals surface area contributed by atoms with E-state index in [1.165, 1.54) is 13.0 Å². The van der Waals surface area contributed by atoms with E-state index >= 15 is 0 Å². The molecule has 0 aliphatic rings. The van der Waals surface area contributed by atoms with Crippen LogP contribution in [0.1, 0.15) is 28.2 Å². The summed E-state index contributed by atoms with van der Waals surface area (Å²) >= 11 is 5.47. The fourth-order valence-corrected chi connectivity index (χ4v) is 1.25. The molecule has 0 saturated carbocycles. The zero-order chi connectivity index (χ0) is 10.9. The van der Waals surface area contributed by atoms with Gasteiger partial charge >= 0.3 is 5.97 Å². The Kier molecular flexibility index (Phi) is 3.00. The van der Waals surface area contributed by atoms with Gasteiger partial charge < -0.3 is 5.11 Å². The number of nitrogens with zero attached hydrogens (tertiary/aromatic N) is 1. The van der Waals surface area contributed by atoms with Crippen LogP contribution in [0, 0.1) is 6.92 Å². The first kappa shape index (κ1) is 10.8. The minimum absolute atomic E-state index is 0.220. The van der Waals surface area contributed by atoms with E-state index in [2.05, 4.69) is 4.98 Å². The number of aromatic carboxylic acids is 1. The van der Waals surface area contributed by atoms with Crippen molar-refractivity contribution in [3.63, 3.8) is 0 Å². The Bertz CT molecular complexity index is 382. The molecule has 0 fully saturated rings. The van der Waals surface area contributed by atoms with Crippen LogP contribution in [0.3, 0.4) is 0 Å². The van der Waals surface area contributed by atoms with Gasteiger partial charge in [-0.05, 0) is 18.6 Å². The number of hydrogen-bond acceptors (Lipinski definition) is 2. The lowest BCUT2D eigenvalue weighted by atomic mass is 10.2. The molecule has 1 aromatic rings. The lowest BCUT2D eigenvalue weighted by Gasteiger charge is -2.05. The van der Waals surface area contributed by atoms with Crippen molar-refractivity contribution in [1.82, 2.24) is 4.98 Å². The van der Waals surface area contributed by atoms with Crippen LogP contribution < -0.4 is 0 Å². The quantitative estimate of drug-likeness (QED) is 0.835. The molecule has 1 heterocycles. The number of aryl methyl sites for hydroxylation is 1. The molecule has 0 bridgehead atoms. The largest absolute Gasteiger partial charge is 0.477 e. The molecule has 0 aliphatic heterocycles.